The zero-order valence-electron chi connectivity index (χ0n) is 61.3. The molecule has 0 spiro atoms. The normalized spacial score (nSPS) is 13.5. The number of phosphoric acid groups is 1. The quantitative estimate of drug-likeness (QED) is 0.0211. The molecule has 0 radical (unpaired) electrons. The van der Waals surface area contributed by atoms with E-state index in [0.717, 1.165) is 70.6 Å². The van der Waals surface area contributed by atoms with Gasteiger partial charge in [0.1, 0.15) is 19.8 Å². The Hall–Kier alpha value is -2.81. The topological polar surface area (TPSA) is 108 Å². The van der Waals surface area contributed by atoms with Gasteiger partial charge in [0.2, 0.25) is 0 Å². The summed E-state index contributed by atoms with van der Waals surface area (Å²) in [6.45, 7) is 4.37. The molecule has 2 atom stereocenters. The highest BCUT2D eigenvalue weighted by Gasteiger charge is 2.27. The molecule has 0 rings (SSSR count). The summed E-state index contributed by atoms with van der Waals surface area (Å²) in [5.74, 6) is -0.778. The van der Waals surface area contributed by atoms with E-state index in [1.807, 2.05) is 21.1 Å². The zero-order chi connectivity index (χ0) is 66.9. The zero-order valence-corrected chi connectivity index (χ0v) is 62.2. The minimum atomic E-state index is -4.40. The average molecular weight is 1310 g/mol. The number of carbonyl (C=O) groups excluding carboxylic acids is 2. The molecule has 0 heterocycles. The lowest BCUT2D eigenvalue weighted by Gasteiger charge is -2.24. The number of esters is 2. The van der Waals surface area contributed by atoms with E-state index in [1.165, 1.54) is 270 Å². The van der Waals surface area contributed by atoms with Crippen molar-refractivity contribution in [3.63, 3.8) is 0 Å². The second-order valence-corrected chi connectivity index (χ2v) is 29.2. The van der Waals surface area contributed by atoms with Crippen LogP contribution in [0.3, 0.4) is 0 Å². The van der Waals surface area contributed by atoms with Crippen LogP contribution in [0.5, 0.6) is 0 Å². The molecule has 1 N–H and O–H groups in total. The van der Waals surface area contributed by atoms with Gasteiger partial charge in [0.25, 0.3) is 0 Å². The highest BCUT2D eigenvalue weighted by molar-refractivity contribution is 7.47. The maximum atomic E-state index is 12.9. The molecule has 92 heavy (non-hydrogen) atoms. The van der Waals surface area contributed by atoms with Gasteiger partial charge in [0.15, 0.2) is 6.10 Å². The summed E-state index contributed by atoms with van der Waals surface area (Å²) < 4.78 is 34.8. The summed E-state index contributed by atoms with van der Waals surface area (Å²) in [5.41, 5.74) is 0. The van der Waals surface area contributed by atoms with Gasteiger partial charge >= 0.3 is 19.8 Å². The van der Waals surface area contributed by atoms with E-state index in [1.54, 1.807) is 0 Å². The molecule has 0 aromatic rings. The van der Waals surface area contributed by atoms with Crippen molar-refractivity contribution < 1.29 is 42.1 Å². The smallest absolute Gasteiger partial charge is 0.462 e. The predicted molar refractivity (Wildman–Crippen MR) is 399 cm³/mol. The van der Waals surface area contributed by atoms with Crippen molar-refractivity contribution in [3.05, 3.63) is 85.1 Å². The Balaban J connectivity index is 3.94. The largest absolute Gasteiger partial charge is 0.472 e. The maximum Gasteiger partial charge on any atom is 0.472 e. The Morgan fingerprint density at radius 1 is 0.348 bits per heavy atom. The Morgan fingerprint density at radius 3 is 0.924 bits per heavy atom. The second-order valence-electron chi connectivity index (χ2n) is 27.7. The molecule has 0 aromatic heterocycles. The van der Waals surface area contributed by atoms with Gasteiger partial charge in [-0.2, -0.15) is 0 Å². The van der Waals surface area contributed by atoms with E-state index in [0.29, 0.717) is 23.9 Å². The number of hydrogen-bond acceptors (Lipinski definition) is 7. The molecule has 0 amide bonds. The van der Waals surface area contributed by atoms with Gasteiger partial charge in [-0.15, -0.1) is 0 Å². The van der Waals surface area contributed by atoms with Crippen molar-refractivity contribution in [2.75, 3.05) is 47.5 Å². The van der Waals surface area contributed by atoms with Crippen molar-refractivity contribution in [1.82, 2.24) is 0 Å². The number of phosphoric ester groups is 1. The van der Waals surface area contributed by atoms with E-state index >= 15 is 0 Å². The predicted octanol–water partition coefficient (Wildman–Crippen LogP) is 26.1. The number of hydrogen-bond donors (Lipinski definition) is 1. The number of ether oxygens (including phenoxy) is 2. The van der Waals surface area contributed by atoms with Crippen LogP contribution < -0.4 is 0 Å². The van der Waals surface area contributed by atoms with Crippen LogP contribution in [0.1, 0.15) is 373 Å². The average Bonchev–Trinajstić information content (AvgIpc) is 2.34. The molecule has 10 heteroatoms. The van der Waals surface area contributed by atoms with E-state index in [-0.39, 0.29) is 25.6 Å². The molecule has 0 fully saturated rings. The molecular formula is C82H151NO8P+. The molecular weight excluding hydrogens is 1160 g/mol. The minimum absolute atomic E-state index is 0.0325. The first kappa shape index (κ1) is 89.2. The van der Waals surface area contributed by atoms with Crippen LogP contribution in [0.4, 0.5) is 0 Å². The number of likely N-dealkylation sites (N-methyl/N-ethyl adjacent to an activating group) is 1. The van der Waals surface area contributed by atoms with Crippen molar-refractivity contribution in [3.8, 4) is 0 Å². The number of allylic oxidation sites excluding steroid dienone is 14. The molecule has 0 aromatic carbocycles. The van der Waals surface area contributed by atoms with Gasteiger partial charge in [0.05, 0.1) is 27.7 Å². The van der Waals surface area contributed by atoms with Gasteiger partial charge in [-0.1, -0.05) is 356 Å². The van der Waals surface area contributed by atoms with Gasteiger partial charge in [-0.05, 0) is 89.9 Å². The van der Waals surface area contributed by atoms with Gasteiger partial charge in [0, 0.05) is 12.8 Å². The fourth-order valence-corrected chi connectivity index (χ4v) is 12.2. The Bertz CT molecular complexity index is 1830. The van der Waals surface area contributed by atoms with Crippen molar-refractivity contribution in [1.29, 1.82) is 0 Å². The number of unbranched alkanes of at least 4 members (excludes halogenated alkanes) is 45. The van der Waals surface area contributed by atoms with Crippen LogP contribution >= 0.6 is 7.82 Å². The summed E-state index contributed by atoms with van der Waals surface area (Å²) >= 11 is 0. The first-order valence-corrected chi connectivity index (χ1v) is 40.8. The third kappa shape index (κ3) is 76.2. The molecule has 9 nitrogen and oxygen atoms in total. The molecule has 0 aliphatic rings. The van der Waals surface area contributed by atoms with Crippen molar-refractivity contribution >= 4 is 19.8 Å². The first-order valence-electron chi connectivity index (χ1n) is 39.3. The second kappa shape index (κ2) is 72.5. The van der Waals surface area contributed by atoms with Crippen LogP contribution in [0.15, 0.2) is 85.1 Å². The summed E-state index contributed by atoms with van der Waals surface area (Å²) in [6, 6.07) is 0. The first-order chi connectivity index (χ1) is 45.0. The SMILES string of the molecule is CC/C=C\C/C=C\C/C=C\C/C=C\C/C=C\CCCCCCCCCCCCCCCCCCCCCCCC(=O)OC(COC(=O)CCCCCCCCCCCCCCCCCCCCC/C=C\C/C=C\CCCCCCC)COP(=O)(O)OCC[N+](C)(C)C. The van der Waals surface area contributed by atoms with E-state index < -0.39 is 26.5 Å². The third-order valence-electron chi connectivity index (χ3n) is 17.4. The highest BCUT2D eigenvalue weighted by Crippen LogP contribution is 2.43. The summed E-state index contributed by atoms with van der Waals surface area (Å²) in [5, 5.41) is 0. The standard InChI is InChI=1S/C82H150NO8P/c1-6-8-10-12-14-16-18-20-22-24-26-28-30-32-34-36-38-39-40-41-42-43-45-47-49-51-53-55-57-59-61-63-65-67-69-71-73-75-82(85)91-80(79-90-92(86,87)89-77-76-83(3,4)5)78-88-81(84)74-72-70-68-66-64-62-60-58-56-54-52-50-48-46-44-37-35-33-31-29-27-25-23-21-19-17-15-13-11-9-7-2/h8,10,14,16,19-22,25-28,32,34,80H,6-7,9,11-13,15,17-18,23-24,29-31,33,35-79H2,1-5H3/p+1/b10-8-,16-14-,21-19-,22-20-,27-25-,28-26-,34-32-. The van der Waals surface area contributed by atoms with E-state index in [4.69, 9.17) is 18.5 Å². The lowest BCUT2D eigenvalue weighted by atomic mass is 10.0. The lowest BCUT2D eigenvalue weighted by molar-refractivity contribution is -0.870. The van der Waals surface area contributed by atoms with Crippen LogP contribution in [-0.2, 0) is 32.7 Å². The molecule has 2 unspecified atom stereocenters. The molecule has 536 valence electrons. The molecule has 0 saturated heterocycles. The highest BCUT2D eigenvalue weighted by atomic mass is 31.2. The molecule has 0 saturated carbocycles. The van der Waals surface area contributed by atoms with Crippen LogP contribution in [0.25, 0.3) is 0 Å². The summed E-state index contributed by atoms with van der Waals surface area (Å²) in [7, 11) is 1.49. The fraction of sp³-hybridized carbons (Fsp3) is 0.805. The van der Waals surface area contributed by atoms with E-state index in [2.05, 4.69) is 98.9 Å². The van der Waals surface area contributed by atoms with Crippen molar-refractivity contribution in [2.24, 2.45) is 0 Å². The van der Waals surface area contributed by atoms with Crippen LogP contribution in [0.2, 0.25) is 0 Å². The number of rotatable bonds is 73. The Labute approximate surface area is 571 Å². The summed E-state index contributed by atoms with van der Waals surface area (Å²) in [6.07, 6.45) is 100. The Morgan fingerprint density at radius 2 is 0.620 bits per heavy atom. The van der Waals surface area contributed by atoms with Crippen LogP contribution in [-0.4, -0.2) is 74.9 Å². The van der Waals surface area contributed by atoms with Gasteiger partial charge < -0.3 is 18.9 Å². The van der Waals surface area contributed by atoms with Crippen LogP contribution in [0, 0.1) is 0 Å². The minimum Gasteiger partial charge on any atom is -0.462 e. The number of carbonyl (C=O) groups is 2. The monoisotopic (exact) mass is 1310 g/mol. The molecule has 0 aliphatic carbocycles. The lowest BCUT2D eigenvalue weighted by Crippen LogP contribution is -2.37. The third-order valence-corrected chi connectivity index (χ3v) is 18.4. The Kier molecular flexibility index (Phi) is 70.2. The van der Waals surface area contributed by atoms with Crippen molar-refractivity contribution in [2.45, 2.75) is 380 Å². The number of quaternary nitrogens is 1. The fourth-order valence-electron chi connectivity index (χ4n) is 11.4. The molecule has 0 aliphatic heterocycles. The summed E-state index contributed by atoms with van der Waals surface area (Å²) in [4.78, 5) is 36.0. The van der Waals surface area contributed by atoms with E-state index in [9.17, 15) is 19.0 Å². The van der Waals surface area contributed by atoms with Gasteiger partial charge in [-0.25, -0.2) is 4.57 Å². The van der Waals surface area contributed by atoms with Gasteiger partial charge in [-0.3, -0.25) is 18.6 Å². The maximum absolute atomic E-state index is 12.9. The number of nitrogens with zero attached hydrogens (tertiary/aromatic N) is 1. The molecule has 0 bridgehead atoms.